The third-order valence-electron chi connectivity index (χ3n) is 2.12. The van der Waals surface area contributed by atoms with Gasteiger partial charge in [-0.05, 0) is 23.7 Å². The van der Waals surface area contributed by atoms with Crippen molar-refractivity contribution in [2.24, 2.45) is 0 Å². The first-order valence-corrected chi connectivity index (χ1v) is 5.24. The van der Waals surface area contributed by atoms with Crippen LogP contribution in [0.4, 0.5) is 26.0 Å². The molecule has 9 heteroatoms. The zero-order chi connectivity index (χ0) is 14.0. The molecule has 19 heavy (non-hydrogen) atoms. The Morgan fingerprint density at radius 1 is 1.32 bits per heavy atom. The summed E-state index contributed by atoms with van der Waals surface area (Å²) in [6.45, 7) is 0. The Hall–Kier alpha value is -2.35. The fourth-order valence-corrected chi connectivity index (χ4v) is 1.42. The van der Waals surface area contributed by atoms with Crippen LogP contribution in [0.1, 0.15) is 0 Å². The number of hydrogen-bond donors (Lipinski definition) is 1. The Balaban J connectivity index is 2.39. The second-order valence-electron chi connectivity index (χ2n) is 3.38. The van der Waals surface area contributed by atoms with Crippen LogP contribution in [0.3, 0.4) is 0 Å². The molecular formula is C10H5ClF2N4O2. The van der Waals surface area contributed by atoms with Crippen LogP contribution in [-0.2, 0) is 0 Å². The first kappa shape index (κ1) is 13.1. The summed E-state index contributed by atoms with van der Waals surface area (Å²) in [5.74, 6) is -2.33. The lowest BCUT2D eigenvalue weighted by Crippen LogP contribution is -2.01. The minimum atomic E-state index is -1.09. The Kier molecular flexibility index (Phi) is 3.52. The molecule has 98 valence electrons. The molecule has 0 bridgehead atoms. The van der Waals surface area contributed by atoms with Crippen molar-refractivity contribution in [2.75, 3.05) is 5.32 Å². The fraction of sp³-hybridized carbons (Fsp3) is 0. The molecule has 1 N–H and O–H groups in total. The van der Waals surface area contributed by atoms with Gasteiger partial charge in [0.2, 0.25) is 11.1 Å². The van der Waals surface area contributed by atoms with Crippen LogP contribution >= 0.6 is 11.6 Å². The van der Waals surface area contributed by atoms with Gasteiger partial charge in [0.25, 0.3) is 0 Å². The van der Waals surface area contributed by atoms with E-state index in [0.717, 1.165) is 18.3 Å². The van der Waals surface area contributed by atoms with E-state index in [-0.39, 0.29) is 16.8 Å². The summed E-state index contributed by atoms with van der Waals surface area (Å²) in [5, 5.41) is 13.0. The van der Waals surface area contributed by atoms with Crippen molar-refractivity contribution in [3.05, 3.63) is 51.4 Å². The minimum absolute atomic E-state index is 0.0942. The smallest absolute Gasteiger partial charge is 0.329 e. The van der Waals surface area contributed by atoms with Crippen molar-refractivity contribution in [2.45, 2.75) is 0 Å². The highest BCUT2D eigenvalue weighted by Crippen LogP contribution is 2.26. The maximum Gasteiger partial charge on any atom is 0.329 e. The molecule has 0 unspecified atom stereocenters. The lowest BCUT2D eigenvalue weighted by atomic mass is 10.3. The van der Waals surface area contributed by atoms with Crippen LogP contribution in [0.15, 0.2) is 24.4 Å². The number of rotatable bonds is 3. The van der Waals surface area contributed by atoms with Crippen LogP contribution in [0.5, 0.6) is 0 Å². The summed E-state index contributed by atoms with van der Waals surface area (Å²) < 4.78 is 25.8. The van der Waals surface area contributed by atoms with Gasteiger partial charge in [-0.25, -0.2) is 13.8 Å². The average molecular weight is 287 g/mol. The van der Waals surface area contributed by atoms with Crippen molar-refractivity contribution in [1.82, 2.24) is 9.97 Å². The molecule has 1 aromatic heterocycles. The maximum absolute atomic E-state index is 13.0. The van der Waals surface area contributed by atoms with Gasteiger partial charge in [0.05, 0.1) is 4.92 Å². The van der Waals surface area contributed by atoms with Gasteiger partial charge in [-0.2, -0.15) is 4.98 Å². The second-order valence-corrected chi connectivity index (χ2v) is 3.72. The van der Waals surface area contributed by atoms with Crippen molar-refractivity contribution < 1.29 is 13.7 Å². The number of nitrogens with one attached hydrogen (secondary N) is 1. The maximum atomic E-state index is 13.0. The predicted octanol–water partition coefficient (Wildman–Crippen LogP) is 3.06. The van der Waals surface area contributed by atoms with Gasteiger partial charge in [0.15, 0.2) is 11.6 Å². The lowest BCUT2D eigenvalue weighted by Gasteiger charge is -2.06. The Morgan fingerprint density at radius 2 is 2.05 bits per heavy atom. The highest BCUT2D eigenvalue weighted by atomic mass is 35.5. The molecule has 0 radical (unpaired) electrons. The highest BCUT2D eigenvalue weighted by molar-refractivity contribution is 6.28. The van der Waals surface area contributed by atoms with Crippen molar-refractivity contribution in [3.63, 3.8) is 0 Å². The molecule has 0 amide bonds. The molecule has 1 aromatic carbocycles. The van der Waals surface area contributed by atoms with Gasteiger partial charge < -0.3 is 5.32 Å². The summed E-state index contributed by atoms with van der Waals surface area (Å²) in [6.07, 6.45) is 0.914. The largest absolute Gasteiger partial charge is 0.334 e. The van der Waals surface area contributed by atoms with Crippen LogP contribution in [0, 0.1) is 21.7 Å². The summed E-state index contributed by atoms with van der Waals surface area (Å²) in [4.78, 5) is 17.1. The molecule has 2 aromatic rings. The monoisotopic (exact) mass is 286 g/mol. The first-order valence-electron chi connectivity index (χ1n) is 4.86. The topological polar surface area (TPSA) is 81.0 Å². The molecule has 0 saturated carbocycles. The molecule has 0 aliphatic heterocycles. The summed E-state index contributed by atoms with van der Waals surface area (Å²) >= 11 is 5.53. The molecule has 0 atom stereocenters. The van der Waals surface area contributed by atoms with E-state index in [4.69, 9.17) is 11.6 Å². The molecule has 0 aliphatic rings. The zero-order valence-electron chi connectivity index (χ0n) is 9.10. The number of benzene rings is 1. The number of halogens is 3. The highest BCUT2D eigenvalue weighted by Gasteiger charge is 2.17. The van der Waals surface area contributed by atoms with E-state index in [1.807, 2.05) is 0 Å². The van der Waals surface area contributed by atoms with Crippen molar-refractivity contribution >= 4 is 28.8 Å². The number of nitro groups is 1. The second kappa shape index (κ2) is 5.11. The van der Waals surface area contributed by atoms with Crippen LogP contribution in [0.25, 0.3) is 0 Å². The number of aromatic nitrogens is 2. The van der Waals surface area contributed by atoms with Crippen molar-refractivity contribution in [1.29, 1.82) is 0 Å². The third kappa shape index (κ3) is 2.91. The molecule has 0 saturated heterocycles. The lowest BCUT2D eigenvalue weighted by molar-refractivity contribution is -0.384. The molecule has 1 heterocycles. The minimum Gasteiger partial charge on any atom is -0.334 e. The SMILES string of the molecule is O=[N+]([O-])c1cnc(Cl)nc1Nc1ccc(F)c(F)c1. The summed E-state index contributed by atoms with van der Waals surface area (Å²) in [6, 6.07) is 2.93. The number of anilines is 2. The first-order chi connectivity index (χ1) is 8.97. The standard InChI is InChI=1S/C10H5ClF2N4O2/c11-10-14-4-8(17(18)19)9(16-10)15-5-1-2-6(12)7(13)3-5/h1-4H,(H,14,15,16). The quantitative estimate of drug-likeness (QED) is 0.533. The third-order valence-corrected chi connectivity index (χ3v) is 2.30. The Morgan fingerprint density at radius 3 is 2.68 bits per heavy atom. The van der Waals surface area contributed by atoms with Crippen LogP contribution in [0.2, 0.25) is 5.28 Å². The van der Waals surface area contributed by atoms with E-state index < -0.39 is 22.2 Å². The summed E-state index contributed by atoms with van der Waals surface area (Å²) in [7, 11) is 0. The Bertz CT molecular complexity index is 653. The van der Waals surface area contributed by atoms with E-state index in [1.165, 1.54) is 6.07 Å². The molecule has 0 spiro atoms. The van der Waals surface area contributed by atoms with Crippen molar-refractivity contribution in [3.8, 4) is 0 Å². The predicted molar refractivity (Wildman–Crippen MR) is 63.3 cm³/mol. The van der Waals surface area contributed by atoms with Crippen LogP contribution < -0.4 is 5.32 Å². The van der Waals surface area contributed by atoms with E-state index in [1.54, 1.807) is 0 Å². The Labute approximate surface area is 110 Å². The van der Waals surface area contributed by atoms with E-state index >= 15 is 0 Å². The molecule has 0 aliphatic carbocycles. The average Bonchev–Trinajstić information content (AvgIpc) is 2.33. The van der Waals surface area contributed by atoms with Gasteiger partial charge in [0, 0.05) is 11.8 Å². The summed E-state index contributed by atoms with van der Waals surface area (Å²) in [5.41, 5.74) is -0.342. The molecular weight excluding hydrogens is 282 g/mol. The molecule has 2 rings (SSSR count). The van der Waals surface area contributed by atoms with Gasteiger partial charge >= 0.3 is 5.69 Å². The number of nitrogens with zero attached hydrogens (tertiary/aromatic N) is 3. The normalized spacial score (nSPS) is 10.3. The van der Waals surface area contributed by atoms with Gasteiger partial charge in [-0.3, -0.25) is 10.1 Å². The van der Waals surface area contributed by atoms with Crippen LogP contribution in [-0.4, -0.2) is 14.9 Å². The van der Waals surface area contributed by atoms with Gasteiger partial charge in [0.1, 0.15) is 6.20 Å². The molecule has 0 fully saturated rings. The van der Waals surface area contributed by atoms with E-state index in [2.05, 4.69) is 15.3 Å². The van der Waals surface area contributed by atoms with E-state index in [9.17, 15) is 18.9 Å². The number of hydrogen-bond acceptors (Lipinski definition) is 5. The van der Waals surface area contributed by atoms with Gasteiger partial charge in [-0.15, -0.1) is 0 Å². The molecule has 6 nitrogen and oxygen atoms in total. The fourth-order valence-electron chi connectivity index (χ4n) is 1.29. The van der Waals surface area contributed by atoms with Gasteiger partial charge in [-0.1, -0.05) is 0 Å². The zero-order valence-corrected chi connectivity index (χ0v) is 9.86. The van der Waals surface area contributed by atoms with E-state index in [0.29, 0.717) is 0 Å².